The maximum Gasteiger partial charge on any atom is 0.195 e. The second-order valence-corrected chi connectivity index (χ2v) is 6.22. The second kappa shape index (κ2) is 5.54. The molecule has 106 valence electrons. The maximum atomic E-state index is 12.6. The van der Waals surface area contributed by atoms with E-state index in [1.165, 1.54) is 0 Å². The molecule has 1 aromatic heterocycles. The molecule has 0 aliphatic carbocycles. The number of ketones is 1. The van der Waals surface area contributed by atoms with E-state index >= 15 is 0 Å². The summed E-state index contributed by atoms with van der Waals surface area (Å²) in [5, 5.41) is 2.34. The highest BCUT2D eigenvalue weighted by atomic mass is 35.5. The van der Waals surface area contributed by atoms with Crippen molar-refractivity contribution in [1.29, 1.82) is 0 Å². The number of H-pyrrole nitrogens is 1. The molecule has 21 heavy (non-hydrogen) atoms. The fraction of sp³-hybridized carbons (Fsp3) is 0. The average molecular weight is 359 g/mol. The van der Waals surface area contributed by atoms with E-state index in [1.54, 1.807) is 36.5 Å². The standard InChI is InChI=1S/C15H7Cl4NO/c16-8-1-7(2-9(17)3-8)15(21)11-6-20-13-5-10(18)4-12(19)14(11)13/h1-6,20H. The number of aromatic nitrogens is 1. The highest BCUT2D eigenvalue weighted by Gasteiger charge is 2.17. The number of hydrogen-bond donors (Lipinski definition) is 1. The highest BCUT2D eigenvalue weighted by Crippen LogP contribution is 2.32. The Labute approximate surface area is 140 Å². The quantitative estimate of drug-likeness (QED) is 0.559. The number of carbonyl (C=O) groups is 1. The summed E-state index contributed by atoms with van der Waals surface area (Å²) in [6, 6.07) is 8.02. The van der Waals surface area contributed by atoms with Gasteiger partial charge < -0.3 is 4.98 Å². The van der Waals surface area contributed by atoms with E-state index < -0.39 is 0 Å². The van der Waals surface area contributed by atoms with Gasteiger partial charge in [-0.1, -0.05) is 46.4 Å². The Kier molecular flexibility index (Phi) is 3.89. The number of carbonyl (C=O) groups excluding carboxylic acids is 1. The van der Waals surface area contributed by atoms with Gasteiger partial charge in [-0.3, -0.25) is 4.79 Å². The molecule has 0 saturated carbocycles. The summed E-state index contributed by atoms with van der Waals surface area (Å²) in [7, 11) is 0. The number of nitrogens with one attached hydrogen (secondary N) is 1. The maximum absolute atomic E-state index is 12.6. The molecule has 3 aromatic rings. The molecule has 0 atom stereocenters. The van der Waals surface area contributed by atoms with E-state index in [4.69, 9.17) is 46.4 Å². The van der Waals surface area contributed by atoms with Gasteiger partial charge in [0.15, 0.2) is 5.78 Å². The number of rotatable bonds is 2. The lowest BCUT2D eigenvalue weighted by Gasteiger charge is -2.03. The van der Waals surface area contributed by atoms with Crippen LogP contribution in [0.15, 0.2) is 36.5 Å². The summed E-state index contributed by atoms with van der Waals surface area (Å²) in [5.74, 6) is -0.213. The lowest BCUT2D eigenvalue weighted by molar-refractivity contribution is 0.104. The Morgan fingerprint density at radius 1 is 0.857 bits per heavy atom. The number of hydrogen-bond acceptors (Lipinski definition) is 1. The molecule has 6 heteroatoms. The van der Waals surface area contributed by atoms with E-state index in [0.29, 0.717) is 42.1 Å². The largest absolute Gasteiger partial charge is 0.360 e. The lowest BCUT2D eigenvalue weighted by atomic mass is 10.0. The van der Waals surface area contributed by atoms with Gasteiger partial charge in [0.2, 0.25) is 0 Å². The Morgan fingerprint density at radius 3 is 2.14 bits per heavy atom. The molecule has 0 saturated heterocycles. The smallest absolute Gasteiger partial charge is 0.195 e. The molecule has 2 nitrogen and oxygen atoms in total. The summed E-state index contributed by atoms with van der Waals surface area (Å²) >= 11 is 24.0. The van der Waals surface area contributed by atoms with Gasteiger partial charge in [0, 0.05) is 43.3 Å². The summed E-state index contributed by atoms with van der Waals surface area (Å²) in [5.41, 5.74) is 1.55. The van der Waals surface area contributed by atoms with Crippen molar-refractivity contribution in [1.82, 2.24) is 4.98 Å². The lowest BCUT2D eigenvalue weighted by Crippen LogP contribution is -2.00. The van der Waals surface area contributed by atoms with Crippen LogP contribution in [-0.2, 0) is 0 Å². The average Bonchev–Trinajstić information content (AvgIpc) is 2.80. The predicted molar refractivity (Wildman–Crippen MR) is 88.2 cm³/mol. The molecule has 3 rings (SSSR count). The fourth-order valence-corrected chi connectivity index (χ4v) is 3.32. The zero-order valence-electron chi connectivity index (χ0n) is 10.4. The Morgan fingerprint density at radius 2 is 1.48 bits per heavy atom. The Balaban J connectivity index is 2.18. The fourth-order valence-electron chi connectivity index (χ4n) is 2.20. The molecular formula is C15H7Cl4NO. The van der Waals surface area contributed by atoms with E-state index in [2.05, 4.69) is 4.98 Å². The van der Waals surface area contributed by atoms with Crippen LogP contribution < -0.4 is 0 Å². The molecule has 0 unspecified atom stereocenters. The first-order chi connectivity index (χ1) is 9.95. The van der Waals surface area contributed by atoms with Crippen LogP contribution in [0.3, 0.4) is 0 Å². The van der Waals surface area contributed by atoms with Crippen LogP contribution in [0.5, 0.6) is 0 Å². The van der Waals surface area contributed by atoms with Gasteiger partial charge in [0.05, 0.1) is 5.02 Å². The van der Waals surface area contributed by atoms with Crippen molar-refractivity contribution in [3.63, 3.8) is 0 Å². The topological polar surface area (TPSA) is 32.9 Å². The van der Waals surface area contributed by atoms with Crippen molar-refractivity contribution in [2.75, 3.05) is 0 Å². The van der Waals surface area contributed by atoms with Gasteiger partial charge >= 0.3 is 0 Å². The van der Waals surface area contributed by atoms with Gasteiger partial charge in [0.1, 0.15) is 0 Å². The van der Waals surface area contributed by atoms with Gasteiger partial charge in [-0.2, -0.15) is 0 Å². The van der Waals surface area contributed by atoms with Crippen molar-refractivity contribution < 1.29 is 4.79 Å². The van der Waals surface area contributed by atoms with E-state index in [-0.39, 0.29) is 5.78 Å². The molecule has 1 N–H and O–H groups in total. The minimum atomic E-state index is -0.213. The zero-order chi connectivity index (χ0) is 15.1. The molecule has 0 amide bonds. The van der Waals surface area contributed by atoms with Gasteiger partial charge in [0.25, 0.3) is 0 Å². The molecule has 0 aliphatic rings. The Bertz CT molecular complexity index is 849. The van der Waals surface area contributed by atoms with Crippen LogP contribution in [0.1, 0.15) is 15.9 Å². The van der Waals surface area contributed by atoms with Gasteiger partial charge in [-0.15, -0.1) is 0 Å². The molecule has 2 aromatic carbocycles. The normalized spacial score (nSPS) is 11.0. The zero-order valence-corrected chi connectivity index (χ0v) is 13.4. The van der Waals surface area contributed by atoms with Crippen LogP contribution >= 0.6 is 46.4 Å². The molecule has 1 heterocycles. The first-order valence-corrected chi connectivity index (χ1v) is 7.44. The predicted octanol–water partition coefficient (Wildman–Crippen LogP) is 6.01. The number of fused-ring (bicyclic) bond motifs is 1. The molecule has 0 radical (unpaired) electrons. The second-order valence-electron chi connectivity index (χ2n) is 4.50. The summed E-state index contributed by atoms with van der Waals surface area (Å²) in [6.45, 7) is 0. The highest BCUT2D eigenvalue weighted by molar-refractivity contribution is 6.40. The van der Waals surface area contributed by atoms with E-state index in [1.807, 2.05) is 0 Å². The number of benzene rings is 2. The molecule has 0 bridgehead atoms. The third-order valence-electron chi connectivity index (χ3n) is 3.07. The summed E-state index contributed by atoms with van der Waals surface area (Å²) in [4.78, 5) is 15.6. The molecule has 0 aliphatic heterocycles. The van der Waals surface area contributed by atoms with Crippen LogP contribution in [0.4, 0.5) is 0 Å². The molecule has 0 spiro atoms. The van der Waals surface area contributed by atoms with Crippen LogP contribution in [0.25, 0.3) is 10.9 Å². The van der Waals surface area contributed by atoms with Crippen molar-refractivity contribution >= 4 is 63.1 Å². The minimum Gasteiger partial charge on any atom is -0.360 e. The monoisotopic (exact) mass is 357 g/mol. The number of halogens is 4. The third kappa shape index (κ3) is 2.77. The van der Waals surface area contributed by atoms with Gasteiger partial charge in [-0.25, -0.2) is 0 Å². The SMILES string of the molecule is O=C(c1cc(Cl)cc(Cl)c1)c1c[nH]c2cc(Cl)cc(Cl)c12. The van der Waals surface area contributed by atoms with Crippen molar-refractivity contribution in [2.24, 2.45) is 0 Å². The Hall–Kier alpha value is -1.19. The van der Waals surface area contributed by atoms with Crippen LogP contribution in [0.2, 0.25) is 20.1 Å². The third-order valence-corrected chi connectivity index (χ3v) is 4.02. The molecule has 0 fully saturated rings. The van der Waals surface area contributed by atoms with Crippen molar-refractivity contribution in [3.8, 4) is 0 Å². The van der Waals surface area contributed by atoms with E-state index in [0.717, 1.165) is 0 Å². The van der Waals surface area contributed by atoms with Crippen LogP contribution in [0, 0.1) is 0 Å². The first-order valence-electron chi connectivity index (χ1n) is 5.92. The van der Waals surface area contributed by atoms with Crippen molar-refractivity contribution in [2.45, 2.75) is 0 Å². The summed E-state index contributed by atoms with van der Waals surface area (Å²) in [6.07, 6.45) is 1.60. The van der Waals surface area contributed by atoms with Gasteiger partial charge in [-0.05, 0) is 30.3 Å². The van der Waals surface area contributed by atoms with Crippen molar-refractivity contribution in [3.05, 3.63) is 67.7 Å². The minimum absolute atomic E-state index is 0.213. The van der Waals surface area contributed by atoms with Crippen LogP contribution in [-0.4, -0.2) is 10.8 Å². The first kappa shape index (κ1) is 14.7. The van der Waals surface area contributed by atoms with E-state index in [9.17, 15) is 4.79 Å². The molecular weight excluding hydrogens is 352 g/mol. The number of aromatic amines is 1. The summed E-state index contributed by atoms with van der Waals surface area (Å²) < 4.78 is 0.